The number of phenols is 1. The average Bonchev–Trinajstić information content (AvgIpc) is 3.26. The minimum absolute atomic E-state index is 0.0364. The highest BCUT2D eigenvalue weighted by molar-refractivity contribution is 7.80. The van der Waals surface area contributed by atoms with Crippen molar-refractivity contribution in [3.63, 3.8) is 0 Å². The van der Waals surface area contributed by atoms with Crippen LogP contribution in [0.1, 0.15) is 57.6 Å². The van der Waals surface area contributed by atoms with Gasteiger partial charge in [-0.05, 0) is 61.8 Å². The molecule has 2 heterocycles. The van der Waals surface area contributed by atoms with Crippen molar-refractivity contribution in [3.8, 4) is 5.75 Å². The highest BCUT2D eigenvalue weighted by Crippen LogP contribution is 2.25. The molecule has 25 heteroatoms. The molecule has 368 valence electrons. The highest BCUT2D eigenvalue weighted by Gasteiger charge is 2.46. The number of benzene rings is 2. The number of likely N-dealkylation sites (N-methyl/N-ethyl adjacent to an activating group) is 1. The van der Waals surface area contributed by atoms with Crippen LogP contribution in [0, 0.1) is 5.92 Å². The second-order valence-electron chi connectivity index (χ2n) is 16.5. The van der Waals surface area contributed by atoms with Gasteiger partial charge in [-0.1, -0.05) is 56.3 Å². The third-order valence-corrected chi connectivity index (χ3v) is 11.5. The van der Waals surface area contributed by atoms with Crippen LogP contribution in [-0.2, 0) is 65.7 Å². The van der Waals surface area contributed by atoms with E-state index in [1.165, 1.54) is 31.3 Å². The van der Waals surface area contributed by atoms with Gasteiger partial charge in [-0.25, -0.2) is 8.98 Å². The van der Waals surface area contributed by atoms with Gasteiger partial charge in [0.1, 0.15) is 60.9 Å². The number of phenolic OH excluding ortho intramolecular Hbond substituents is 1. The second-order valence-corrected chi connectivity index (χ2v) is 17.6. The lowest BCUT2D eigenvalue weighted by molar-refractivity contribution is -0.165. The first kappa shape index (κ1) is 53.2. The van der Waals surface area contributed by atoms with Gasteiger partial charge in [0.05, 0.1) is 0 Å². The number of carbonyl (C=O) groups is 7. The summed E-state index contributed by atoms with van der Waals surface area (Å²) in [6, 6.07) is 4.98. The number of nitrogens with two attached hydrogens (primary N) is 2. The molecule has 0 aromatic heterocycles. The lowest BCUT2D eigenvalue weighted by Gasteiger charge is -2.43. The quantitative estimate of drug-likeness (QED) is 0.0298. The van der Waals surface area contributed by atoms with Gasteiger partial charge < -0.3 is 62.6 Å². The molecule has 2 bridgehead atoms. The average molecular weight is 962 g/mol. The van der Waals surface area contributed by atoms with Crippen LogP contribution in [0.25, 0.3) is 0 Å². The Kier molecular flexibility index (Phi) is 18.9. The fourth-order valence-electron chi connectivity index (χ4n) is 7.44. The van der Waals surface area contributed by atoms with E-state index in [4.69, 9.17) is 20.8 Å². The molecule has 67 heavy (non-hydrogen) atoms. The Labute approximate surface area is 386 Å². The smallest absolute Gasteiger partial charge is 0.397 e. The Morgan fingerprint density at radius 3 is 2.15 bits per heavy atom. The van der Waals surface area contributed by atoms with Crippen molar-refractivity contribution < 1.29 is 70.8 Å². The van der Waals surface area contributed by atoms with Gasteiger partial charge in [0, 0.05) is 26.4 Å². The van der Waals surface area contributed by atoms with Gasteiger partial charge in [-0.3, -0.25) is 38.3 Å². The maximum absolute atomic E-state index is 15.0. The van der Waals surface area contributed by atoms with Gasteiger partial charge in [-0.2, -0.15) is 8.42 Å². The summed E-state index contributed by atoms with van der Waals surface area (Å²) in [5, 5.41) is 41.7. The van der Waals surface area contributed by atoms with Crippen molar-refractivity contribution in [1.82, 2.24) is 31.1 Å². The Balaban J connectivity index is 1.87. The number of carbonyl (C=O) groups excluding carboxylic acids is 7. The number of rotatable bonds is 14. The molecular weight excluding hydrogens is 903 g/mol. The predicted octanol–water partition coefficient (Wildman–Crippen LogP) is -2.91. The predicted molar refractivity (Wildman–Crippen MR) is 236 cm³/mol. The lowest BCUT2D eigenvalue weighted by Crippen LogP contribution is -2.65. The molecule has 9 atom stereocenters. The van der Waals surface area contributed by atoms with Crippen molar-refractivity contribution in [3.05, 3.63) is 65.7 Å². The van der Waals surface area contributed by atoms with Crippen LogP contribution in [0.5, 0.6) is 5.75 Å². The molecule has 4 rings (SSSR count). The molecule has 0 spiro atoms. The molecule has 2 aromatic carbocycles. The number of aliphatic imine (C=N–C) groups is 1. The molecule has 2 aromatic rings. The Bertz CT molecular complexity index is 2230. The highest BCUT2D eigenvalue weighted by atomic mass is 32.3. The molecule has 2 fully saturated rings. The number of aromatic hydroxyl groups is 1. The van der Waals surface area contributed by atoms with Crippen molar-refractivity contribution in [1.29, 1.82) is 0 Å². The van der Waals surface area contributed by atoms with E-state index in [-0.39, 0.29) is 56.8 Å². The summed E-state index contributed by atoms with van der Waals surface area (Å²) in [6.07, 6.45) is -6.33. The van der Waals surface area contributed by atoms with Crippen molar-refractivity contribution in [2.75, 3.05) is 20.2 Å². The number of aliphatic hydroxyl groups excluding tert-OH is 2. The minimum Gasteiger partial charge on any atom is -0.508 e. The fraction of sp³-hybridized carbons (Fsp3) is 0.524. The normalized spacial score (nSPS) is 25.4. The number of aliphatic hydroxyl groups is 2. The summed E-state index contributed by atoms with van der Waals surface area (Å²) in [7, 11) is -3.82. The van der Waals surface area contributed by atoms with Crippen molar-refractivity contribution >= 4 is 57.8 Å². The van der Waals surface area contributed by atoms with E-state index < -0.39 is 119 Å². The summed E-state index contributed by atoms with van der Waals surface area (Å²) >= 11 is 0. The van der Waals surface area contributed by atoms with Gasteiger partial charge >= 0.3 is 16.4 Å². The van der Waals surface area contributed by atoms with Crippen LogP contribution in [0.3, 0.4) is 0 Å². The molecule has 0 saturated carbocycles. The zero-order valence-electron chi connectivity index (χ0n) is 37.3. The number of piperidine rings is 1. The maximum atomic E-state index is 15.0. The summed E-state index contributed by atoms with van der Waals surface area (Å²) in [4.78, 5) is 106. The summed E-state index contributed by atoms with van der Waals surface area (Å²) < 4.78 is 41.0. The molecule has 2 saturated heterocycles. The summed E-state index contributed by atoms with van der Waals surface area (Å²) in [6.45, 7) is 2.92. The van der Waals surface area contributed by atoms with Crippen LogP contribution < -0.4 is 32.7 Å². The number of nitrogens with one attached hydrogen (secondary N) is 4. The molecule has 24 nitrogen and oxygen atoms in total. The largest absolute Gasteiger partial charge is 0.508 e. The van der Waals surface area contributed by atoms with Crippen LogP contribution in [0.4, 0.5) is 0 Å². The van der Waals surface area contributed by atoms with Crippen LogP contribution >= 0.6 is 0 Å². The van der Waals surface area contributed by atoms with E-state index in [2.05, 4.69) is 30.4 Å². The number of hydrogen-bond acceptors (Lipinski definition) is 15. The van der Waals surface area contributed by atoms with Gasteiger partial charge in [0.15, 0.2) is 12.1 Å². The third kappa shape index (κ3) is 15.3. The Morgan fingerprint density at radius 1 is 0.910 bits per heavy atom. The van der Waals surface area contributed by atoms with Crippen LogP contribution in [0.2, 0.25) is 0 Å². The topological polar surface area (TPSA) is 372 Å². The van der Waals surface area contributed by atoms with Crippen LogP contribution in [-0.4, -0.2) is 160 Å². The maximum Gasteiger partial charge on any atom is 0.397 e. The monoisotopic (exact) mass is 961 g/mol. The summed E-state index contributed by atoms with van der Waals surface area (Å²) in [5.74, 6) is -8.40. The van der Waals surface area contributed by atoms with Crippen molar-refractivity contribution in [2.45, 2.75) is 114 Å². The van der Waals surface area contributed by atoms with Gasteiger partial charge in [-0.15, -0.1) is 0 Å². The standard InChI is InChI=1S/C42H59N9O15S/c1-22(2)33-41(61)66-23(3)34(49-37(57)31(53)21-65-67(62,63)64)38(58)46-27(11-8-18-45-42(43)44)35(55)47-28-16-17-32(54)51(39(28)59)30(20-24-9-6-5-7-10-24)40(60)50(4)29(36(56)48-33)19-25-12-14-26(52)15-13-25/h5-7,9-10,12-15,22-23,27-34,52-54H,8,11,16-21H2,1-4H3,(H,46,58)(H,47,55)(H,48,56)(H,49,57)(H4,43,44,45)(H,62,63,64)/t23-,27+,28?,29?,30+,31?,32?,33+,34+/m1/s1. The molecule has 4 unspecified atom stereocenters. The number of hydrogen-bond donors (Lipinski definition) is 10. The molecule has 6 amide bonds. The molecule has 2 aliphatic heterocycles. The molecule has 12 N–H and O–H groups in total. The number of esters is 1. The zero-order chi connectivity index (χ0) is 49.7. The number of ether oxygens (including phenoxy) is 1. The first-order valence-electron chi connectivity index (χ1n) is 21.3. The molecule has 0 aliphatic carbocycles. The van der Waals surface area contributed by atoms with E-state index in [9.17, 15) is 57.3 Å². The molecule has 0 radical (unpaired) electrons. The molecule has 2 aliphatic rings. The third-order valence-electron chi connectivity index (χ3n) is 11.1. The fourth-order valence-corrected chi connectivity index (χ4v) is 7.74. The zero-order valence-corrected chi connectivity index (χ0v) is 38.1. The first-order valence-corrected chi connectivity index (χ1v) is 22.7. The minimum atomic E-state index is -5.14. The van der Waals surface area contributed by atoms with Gasteiger partial charge in [0.2, 0.25) is 29.5 Å². The Hall–Kier alpha value is -6.41. The van der Waals surface area contributed by atoms with Crippen molar-refractivity contribution in [2.24, 2.45) is 22.4 Å². The van der Waals surface area contributed by atoms with Crippen LogP contribution in [0.15, 0.2) is 59.6 Å². The van der Waals surface area contributed by atoms with E-state index in [1.807, 2.05) is 0 Å². The molecular formula is C42H59N9O15S. The second kappa shape index (κ2) is 23.9. The van der Waals surface area contributed by atoms with E-state index in [0.717, 1.165) is 16.7 Å². The van der Waals surface area contributed by atoms with E-state index in [0.29, 0.717) is 11.1 Å². The summed E-state index contributed by atoms with van der Waals surface area (Å²) in [5.41, 5.74) is 12.0. The van der Waals surface area contributed by atoms with E-state index >= 15 is 0 Å². The first-order chi connectivity index (χ1) is 31.5. The number of nitrogens with zero attached hydrogens (tertiary/aromatic N) is 3. The lowest BCUT2D eigenvalue weighted by atomic mass is 9.95. The van der Waals surface area contributed by atoms with E-state index in [1.54, 1.807) is 44.2 Å². The number of amides is 6. The van der Waals surface area contributed by atoms with Gasteiger partial charge in [0.25, 0.3) is 5.91 Å². The number of fused-ring (bicyclic) bond motifs is 2. The number of cyclic esters (lactones) is 1. The Morgan fingerprint density at radius 2 is 1.54 bits per heavy atom. The SMILES string of the molecule is CC(C)[C@@H]1NC(=O)C(Cc2ccc(O)cc2)N(C)C(=O)[C@H](Cc2ccccc2)N2C(=O)C(CCC2O)NC(=O)[C@H](CCCN=C(N)N)NC(=O)[C@@H](NC(=O)C(O)COS(=O)(=O)O)[C@@H](C)OC1=O. The number of guanidine groups is 1.